The van der Waals surface area contributed by atoms with E-state index in [4.69, 9.17) is 4.74 Å². The summed E-state index contributed by atoms with van der Waals surface area (Å²) < 4.78 is 43.6. The Kier molecular flexibility index (Phi) is 6.50. The van der Waals surface area contributed by atoms with Crippen LogP contribution in [0.5, 0.6) is 0 Å². The monoisotopic (exact) mass is 389 g/mol. The normalized spacial score (nSPS) is 14.9. The summed E-state index contributed by atoms with van der Waals surface area (Å²) in [6.07, 6.45) is -0.691. The smallest absolute Gasteiger partial charge is 0.406 e. The number of ether oxygens (including phenoxy) is 1. The van der Waals surface area contributed by atoms with Gasteiger partial charge in [-0.05, 0) is 32.8 Å². The van der Waals surface area contributed by atoms with E-state index in [1.165, 1.54) is 19.9 Å². The van der Waals surface area contributed by atoms with E-state index in [-0.39, 0.29) is 23.0 Å². The van der Waals surface area contributed by atoms with Gasteiger partial charge in [0, 0.05) is 17.4 Å². The van der Waals surface area contributed by atoms with Crippen molar-refractivity contribution in [3.8, 4) is 0 Å². The highest BCUT2D eigenvalue weighted by Crippen LogP contribution is 2.23. The van der Waals surface area contributed by atoms with Crippen LogP contribution >= 0.6 is 0 Å². The van der Waals surface area contributed by atoms with Crippen molar-refractivity contribution in [3.63, 3.8) is 0 Å². The van der Waals surface area contributed by atoms with Crippen molar-refractivity contribution in [2.75, 3.05) is 6.61 Å². The maximum Gasteiger partial charge on any atom is 0.406 e. The van der Waals surface area contributed by atoms with Crippen molar-refractivity contribution in [3.05, 3.63) is 23.0 Å². The molecule has 0 unspecified atom stereocenters. The summed E-state index contributed by atoms with van der Waals surface area (Å²) in [7, 11) is 0. The van der Waals surface area contributed by atoms with Crippen molar-refractivity contribution in [2.45, 2.75) is 58.3 Å². The lowest BCUT2D eigenvalue weighted by Gasteiger charge is -2.13. The minimum absolute atomic E-state index is 0.0272. The van der Waals surface area contributed by atoms with Crippen LogP contribution < -0.4 is 10.6 Å². The summed E-state index contributed by atoms with van der Waals surface area (Å²) in [6.45, 7) is 0.875. The number of halogens is 3. The topological polar surface area (TPSA) is 89.4 Å². The molecule has 0 bridgehead atoms. The second-order valence-electron chi connectivity index (χ2n) is 6.57. The third kappa shape index (κ3) is 6.00. The molecule has 2 rings (SSSR count). The molecule has 0 aromatic carbocycles. The van der Waals surface area contributed by atoms with Crippen LogP contribution in [0.1, 0.15) is 47.4 Å². The van der Waals surface area contributed by atoms with Crippen LogP contribution in [0.2, 0.25) is 0 Å². The van der Waals surface area contributed by atoms with Crippen molar-refractivity contribution < 1.29 is 32.3 Å². The van der Waals surface area contributed by atoms with Gasteiger partial charge in [0.2, 0.25) is 0 Å². The number of aryl methyl sites for hydroxylation is 1. The highest BCUT2D eigenvalue weighted by Gasteiger charge is 2.30. The number of imide groups is 1. The molecule has 3 amide bonds. The number of hydrogen-bond acceptors (Lipinski definition) is 4. The molecule has 1 aliphatic rings. The number of urea groups is 1. The SMILES string of the molecule is Cc1cc(C(=O)OCC(=O)NC(=O)NC2CCCC2)c(C)n1CC(F)(F)F. The van der Waals surface area contributed by atoms with Crippen LogP contribution in [-0.2, 0) is 16.1 Å². The molecule has 0 aliphatic heterocycles. The molecule has 1 saturated carbocycles. The van der Waals surface area contributed by atoms with Crippen LogP contribution in [0.4, 0.5) is 18.0 Å². The number of esters is 1. The molecular formula is C17H22F3N3O4. The first-order valence-electron chi connectivity index (χ1n) is 8.58. The predicted molar refractivity (Wildman–Crippen MR) is 89.2 cm³/mol. The number of carbonyl (C=O) groups is 3. The van der Waals surface area contributed by atoms with Crippen LogP contribution in [0, 0.1) is 13.8 Å². The molecule has 1 aliphatic carbocycles. The lowest BCUT2D eigenvalue weighted by molar-refractivity contribution is -0.141. The van der Waals surface area contributed by atoms with E-state index in [0.29, 0.717) is 0 Å². The first kappa shape index (κ1) is 20.8. The standard InChI is InChI=1S/C17H22F3N3O4/c1-10-7-13(11(2)23(10)9-17(18,19)20)15(25)27-8-14(24)22-16(26)21-12-5-3-4-6-12/h7,12H,3-6,8-9H2,1-2H3,(H2,21,22,24,26). The summed E-state index contributed by atoms with van der Waals surface area (Å²) in [4.78, 5) is 35.4. The van der Waals surface area contributed by atoms with Crippen molar-refractivity contribution in [2.24, 2.45) is 0 Å². The summed E-state index contributed by atoms with van der Waals surface area (Å²) >= 11 is 0. The number of alkyl halides is 3. The fourth-order valence-electron chi connectivity index (χ4n) is 3.09. The number of amides is 3. The van der Waals surface area contributed by atoms with Gasteiger partial charge in [-0.2, -0.15) is 13.2 Å². The van der Waals surface area contributed by atoms with Gasteiger partial charge in [-0.1, -0.05) is 12.8 Å². The summed E-state index contributed by atoms with van der Waals surface area (Å²) in [5, 5.41) is 4.71. The Balaban J connectivity index is 1.87. The van der Waals surface area contributed by atoms with Gasteiger partial charge < -0.3 is 14.6 Å². The van der Waals surface area contributed by atoms with E-state index >= 15 is 0 Å². The Bertz CT molecular complexity index is 722. The number of rotatable bonds is 5. The molecule has 1 heterocycles. The molecule has 10 heteroatoms. The van der Waals surface area contributed by atoms with E-state index in [0.717, 1.165) is 30.3 Å². The Hall–Kier alpha value is -2.52. The number of carbonyl (C=O) groups excluding carboxylic acids is 3. The first-order valence-corrected chi connectivity index (χ1v) is 8.58. The van der Waals surface area contributed by atoms with Crippen LogP contribution in [-0.4, -0.2) is 41.3 Å². The average molecular weight is 389 g/mol. The van der Waals surface area contributed by atoms with E-state index < -0.39 is 37.2 Å². The fraction of sp³-hybridized carbons (Fsp3) is 0.588. The molecule has 0 radical (unpaired) electrons. The van der Waals surface area contributed by atoms with E-state index in [2.05, 4.69) is 10.6 Å². The molecule has 7 nitrogen and oxygen atoms in total. The van der Waals surface area contributed by atoms with Gasteiger partial charge in [-0.25, -0.2) is 9.59 Å². The third-order valence-corrected chi connectivity index (χ3v) is 4.41. The molecule has 1 aromatic heterocycles. The van der Waals surface area contributed by atoms with Gasteiger partial charge in [-0.15, -0.1) is 0 Å². The van der Waals surface area contributed by atoms with Crippen molar-refractivity contribution in [1.82, 2.24) is 15.2 Å². The Morgan fingerprint density at radius 2 is 1.85 bits per heavy atom. The average Bonchev–Trinajstić information content (AvgIpc) is 3.14. The minimum atomic E-state index is -4.43. The predicted octanol–water partition coefficient (Wildman–Crippen LogP) is 2.59. The maximum absolute atomic E-state index is 12.6. The Labute approximate surface area is 154 Å². The zero-order valence-corrected chi connectivity index (χ0v) is 15.1. The molecule has 1 fully saturated rings. The maximum atomic E-state index is 12.6. The zero-order valence-electron chi connectivity index (χ0n) is 15.1. The Morgan fingerprint density at radius 3 is 2.44 bits per heavy atom. The number of nitrogens with one attached hydrogen (secondary N) is 2. The zero-order chi connectivity index (χ0) is 20.2. The molecule has 0 atom stereocenters. The molecule has 0 spiro atoms. The molecule has 150 valence electrons. The van der Waals surface area contributed by atoms with Crippen LogP contribution in [0.15, 0.2) is 6.07 Å². The van der Waals surface area contributed by atoms with Gasteiger partial charge in [0.25, 0.3) is 5.91 Å². The third-order valence-electron chi connectivity index (χ3n) is 4.41. The first-order chi connectivity index (χ1) is 12.6. The van der Waals surface area contributed by atoms with E-state index in [1.807, 2.05) is 0 Å². The van der Waals surface area contributed by atoms with Gasteiger partial charge in [0.1, 0.15) is 6.54 Å². The second-order valence-corrected chi connectivity index (χ2v) is 6.57. The van der Waals surface area contributed by atoms with Crippen LogP contribution in [0.25, 0.3) is 0 Å². The number of hydrogen-bond donors (Lipinski definition) is 2. The number of aromatic nitrogens is 1. The molecule has 0 saturated heterocycles. The molecule has 27 heavy (non-hydrogen) atoms. The van der Waals surface area contributed by atoms with Gasteiger partial charge in [-0.3, -0.25) is 10.1 Å². The lowest BCUT2D eigenvalue weighted by atomic mass is 10.2. The summed E-state index contributed by atoms with van der Waals surface area (Å²) in [5.74, 6) is -1.74. The van der Waals surface area contributed by atoms with E-state index in [9.17, 15) is 27.6 Å². The van der Waals surface area contributed by atoms with Crippen molar-refractivity contribution >= 4 is 17.9 Å². The highest BCUT2D eigenvalue weighted by atomic mass is 19.4. The second kappa shape index (κ2) is 8.45. The van der Waals surface area contributed by atoms with Gasteiger partial charge in [0.15, 0.2) is 6.61 Å². The molecule has 2 N–H and O–H groups in total. The van der Waals surface area contributed by atoms with Crippen LogP contribution in [0.3, 0.4) is 0 Å². The molecular weight excluding hydrogens is 367 g/mol. The Morgan fingerprint density at radius 1 is 1.22 bits per heavy atom. The van der Waals surface area contributed by atoms with E-state index in [1.54, 1.807) is 0 Å². The molecule has 1 aromatic rings. The summed E-state index contributed by atoms with van der Waals surface area (Å²) in [6, 6.07) is 0.638. The minimum Gasteiger partial charge on any atom is -0.452 e. The largest absolute Gasteiger partial charge is 0.452 e. The summed E-state index contributed by atoms with van der Waals surface area (Å²) in [5.41, 5.74) is 0.284. The van der Waals surface area contributed by atoms with Crippen molar-refractivity contribution in [1.29, 1.82) is 0 Å². The lowest BCUT2D eigenvalue weighted by Crippen LogP contribution is -2.45. The quantitative estimate of drug-likeness (QED) is 0.758. The van der Waals surface area contributed by atoms with Gasteiger partial charge in [0.05, 0.1) is 5.56 Å². The fourth-order valence-corrected chi connectivity index (χ4v) is 3.09. The van der Waals surface area contributed by atoms with Gasteiger partial charge >= 0.3 is 18.2 Å². The number of nitrogens with zero attached hydrogens (tertiary/aromatic N) is 1. The highest BCUT2D eigenvalue weighted by molar-refractivity contribution is 5.97.